The molecule has 188 valence electrons. The van der Waals surface area contributed by atoms with Crippen LogP contribution in [-0.2, 0) is 11.2 Å². The lowest BCUT2D eigenvalue weighted by Crippen LogP contribution is -2.27. The van der Waals surface area contributed by atoms with Crippen molar-refractivity contribution in [2.75, 3.05) is 6.54 Å². The Morgan fingerprint density at radius 2 is 1.65 bits per heavy atom. The summed E-state index contributed by atoms with van der Waals surface area (Å²) < 4.78 is 5.45. The molecule has 8 nitrogen and oxygen atoms in total. The summed E-state index contributed by atoms with van der Waals surface area (Å²) in [5, 5.41) is 17.9. The number of unbranched alkanes of at least 4 members (excludes halogenated alkanes) is 8. The van der Waals surface area contributed by atoms with Crippen molar-refractivity contribution in [1.82, 2.24) is 20.8 Å². The number of hydrogen-bond donors (Lipinski definition) is 3. The second-order valence-corrected chi connectivity index (χ2v) is 8.86. The fourth-order valence-corrected chi connectivity index (χ4v) is 3.95. The second kappa shape index (κ2) is 15.9. The molecule has 3 N–H and O–H groups in total. The van der Waals surface area contributed by atoms with Crippen LogP contribution in [0.5, 0.6) is 0 Å². The first kappa shape index (κ1) is 27.3. The average Bonchev–Trinajstić information content (AvgIpc) is 3.30. The van der Waals surface area contributed by atoms with Crippen LogP contribution in [0.4, 0.5) is 4.79 Å². The van der Waals surface area contributed by atoms with Crippen molar-refractivity contribution < 1.29 is 19.2 Å². The molecule has 0 aliphatic rings. The maximum atomic E-state index is 11.6. The summed E-state index contributed by atoms with van der Waals surface area (Å²) in [6.45, 7) is 4.06. The maximum Gasteiger partial charge on any atom is 0.404 e. The standard InChI is InChI=1S/C26H40N4O4/c1-3-4-5-6-7-8-9-10-13-21-15-17-22(18-16-21)24-29-25(34-30-24)23(28-20(2)31)14-11-12-19-27-26(32)33/h15-18,23,27H,3-14,19H2,1-2H3,(H,28,31)(H,32,33). The van der Waals surface area contributed by atoms with Crippen molar-refractivity contribution in [2.24, 2.45) is 0 Å². The number of hydrogen-bond acceptors (Lipinski definition) is 5. The predicted octanol–water partition coefficient (Wildman–Crippen LogP) is 6.03. The molecule has 0 aliphatic heterocycles. The van der Waals surface area contributed by atoms with Crippen LogP contribution in [0.15, 0.2) is 28.8 Å². The third-order valence-corrected chi connectivity index (χ3v) is 5.84. The molecule has 0 aliphatic carbocycles. The van der Waals surface area contributed by atoms with Gasteiger partial charge in [-0.1, -0.05) is 81.3 Å². The highest BCUT2D eigenvalue weighted by molar-refractivity contribution is 5.73. The molecule has 0 fully saturated rings. The van der Waals surface area contributed by atoms with Crippen LogP contribution in [-0.4, -0.2) is 33.8 Å². The van der Waals surface area contributed by atoms with E-state index >= 15 is 0 Å². The summed E-state index contributed by atoms with van der Waals surface area (Å²) in [4.78, 5) is 26.7. The summed E-state index contributed by atoms with van der Waals surface area (Å²) in [5.41, 5.74) is 2.19. The van der Waals surface area contributed by atoms with Crippen LogP contribution in [0.3, 0.4) is 0 Å². The molecule has 1 heterocycles. The van der Waals surface area contributed by atoms with E-state index in [1.54, 1.807) is 0 Å². The molecule has 1 aromatic heterocycles. The number of aromatic nitrogens is 2. The molecule has 0 saturated heterocycles. The van der Waals surface area contributed by atoms with E-state index in [2.05, 4.69) is 39.8 Å². The molecule has 1 unspecified atom stereocenters. The summed E-state index contributed by atoms with van der Waals surface area (Å²) in [6, 6.07) is 7.87. The number of rotatable bonds is 17. The van der Waals surface area contributed by atoms with Crippen LogP contribution < -0.4 is 10.6 Å². The van der Waals surface area contributed by atoms with Gasteiger partial charge in [0.2, 0.25) is 17.6 Å². The highest BCUT2D eigenvalue weighted by atomic mass is 16.5. The van der Waals surface area contributed by atoms with E-state index < -0.39 is 12.1 Å². The van der Waals surface area contributed by atoms with Gasteiger partial charge >= 0.3 is 6.09 Å². The van der Waals surface area contributed by atoms with Gasteiger partial charge in [0.15, 0.2) is 0 Å². The third kappa shape index (κ3) is 10.8. The van der Waals surface area contributed by atoms with Crippen molar-refractivity contribution in [2.45, 2.75) is 96.9 Å². The Bertz CT molecular complexity index is 851. The molecular formula is C26H40N4O4. The van der Waals surface area contributed by atoms with Crippen LogP contribution in [0.25, 0.3) is 11.4 Å². The highest BCUT2D eigenvalue weighted by Crippen LogP contribution is 2.23. The minimum atomic E-state index is -1.04. The lowest BCUT2D eigenvalue weighted by molar-refractivity contribution is -0.119. The Hall–Kier alpha value is -2.90. The van der Waals surface area contributed by atoms with E-state index in [1.807, 2.05) is 12.1 Å². The zero-order valence-electron chi connectivity index (χ0n) is 20.6. The van der Waals surface area contributed by atoms with Crippen LogP contribution in [0.2, 0.25) is 0 Å². The van der Waals surface area contributed by atoms with E-state index in [9.17, 15) is 9.59 Å². The summed E-state index contributed by atoms with van der Waals surface area (Å²) in [6.07, 6.45) is 12.5. The normalized spacial score (nSPS) is 11.8. The number of nitrogens with one attached hydrogen (secondary N) is 2. The first-order valence-corrected chi connectivity index (χ1v) is 12.7. The molecule has 8 heteroatoms. The van der Waals surface area contributed by atoms with E-state index in [0.717, 1.165) is 12.0 Å². The Labute approximate surface area is 202 Å². The molecule has 2 amide bonds. The monoisotopic (exact) mass is 472 g/mol. The zero-order valence-corrected chi connectivity index (χ0v) is 20.6. The van der Waals surface area contributed by atoms with Gasteiger partial charge in [-0.05, 0) is 37.7 Å². The minimum Gasteiger partial charge on any atom is -0.465 e. The molecule has 2 aromatic rings. The second-order valence-electron chi connectivity index (χ2n) is 8.86. The number of nitrogens with zero attached hydrogens (tertiary/aromatic N) is 2. The van der Waals surface area contributed by atoms with Crippen molar-refractivity contribution in [1.29, 1.82) is 0 Å². The lowest BCUT2D eigenvalue weighted by Gasteiger charge is -2.13. The molecule has 0 bridgehead atoms. The molecule has 34 heavy (non-hydrogen) atoms. The van der Waals surface area contributed by atoms with E-state index in [-0.39, 0.29) is 5.91 Å². The van der Waals surface area contributed by atoms with Gasteiger partial charge in [-0.2, -0.15) is 4.98 Å². The fraction of sp³-hybridized carbons (Fsp3) is 0.615. The maximum absolute atomic E-state index is 11.6. The molecule has 2 rings (SSSR count). The van der Waals surface area contributed by atoms with Gasteiger partial charge in [0.25, 0.3) is 0 Å². The van der Waals surface area contributed by atoms with Gasteiger partial charge in [-0.25, -0.2) is 4.79 Å². The Balaban J connectivity index is 1.82. The summed E-state index contributed by atoms with van der Waals surface area (Å²) in [5.74, 6) is 0.676. The smallest absolute Gasteiger partial charge is 0.404 e. The first-order valence-electron chi connectivity index (χ1n) is 12.7. The Kier molecular flexibility index (Phi) is 12.7. The Morgan fingerprint density at radius 1 is 0.971 bits per heavy atom. The van der Waals surface area contributed by atoms with Gasteiger partial charge in [0.1, 0.15) is 6.04 Å². The summed E-state index contributed by atoms with van der Waals surface area (Å²) in [7, 11) is 0. The number of carbonyl (C=O) groups is 2. The van der Waals surface area contributed by atoms with Gasteiger partial charge in [0, 0.05) is 19.0 Å². The topological polar surface area (TPSA) is 117 Å². The third-order valence-electron chi connectivity index (χ3n) is 5.84. The quantitative estimate of drug-likeness (QED) is 0.242. The zero-order chi connectivity index (χ0) is 24.6. The number of carbonyl (C=O) groups excluding carboxylic acids is 1. The molecule has 0 spiro atoms. The molecule has 0 radical (unpaired) electrons. The van der Waals surface area contributed by atoms with Gasteiger partial charge in [0.05, 0.1) is 0 Å². The van der Waals surface area contributed by atoms with Crippen LogP contribution >= 0.6 is 0 Å². The van der Waals surface area contributed by atoms with Gasteiger partial charge < -0.3 is 20.3 Å². The van der Waals surface area contributed by atoms with Crippen molar-refractivity contribution in [3.05, 3.63) is 35.7 Å². The summed E-state index contributed by atoms with van der Waals surface area (Å²) >= 11 is 0. The van der Waals surface area contributed by atoms with Crippen LogP contribution in [0.1, 0.15) is 102 Å². The fourth-order valence-electron chi connectivity index (χ4n) is 3.95. The Morgan fingerprint density at radius 3 is 2.29 bits per heavy atom. The number of amides is 2. The highest BCUT2D eigenvalue weighted by Gasteiger charge is 2.20. The van der Waals surface area contributed by atoms with Crippen molar-refractivity contribution in [3.8, 4) is 11.4 Å². The SMILES string of the molecule is CCCCCCCCCCc1ccc(-c2noc(C(CCCCNC(=O)O)NC(C)=O)n2)cc1. The molecular weight excluding hydrogens is 432 g/mol. The van der Waals surface area contributed by atoms with Gasteiger partial charge in [-0.3, -0.25) is 4.79 Å². The van der Waals surface area contributed by atoms with Gasteiger partial charge in [-0.15, -0.1) is 0 Å². The average molecular weight is 473 g/mol. The van der Waals surface area contributed by atoms with Crippen molar-refractivity contribution >= 4 is 12.0 Å². The minimum absolute atomic E-state index is 0.182. The predicted molar refractivity (Wildman–Crippen MR) is 132 cm³/mol. The van der Waals surface area contributed by atoms with Crippen molar-refractivity contribution in [3.63, 3.8) is 0 Å². The molecule has 1 aromatic carbocycles. The number of aryl methyl sites for hydroxylation is 1. The molecule has 1 atom stereocenters. The van der Waals surface area contributed by atoms with E-state index in [0.29, 0.717) is 37.5 Å². The number of benzene rings is 1. The molecule has 0 saturated carbocycles. The largest absolute Gasteiger partial charge is 0.465 e. The number of carboxylic acid groups (broad SMARTS) is 1. The first-order chi connectivity index (χ1) is 16.5. The van der Waals surface area contributed by atoms with E-state index in [4.69, 9.17) is 9.63 Å². The van der Waals surface area contributed by atoms with Crippen LogP contribution in [0, 0.1) is 0 Å². The van der Waals surface area contributed by atoms with E-state index in [1.165, 1.54) is 63.9 Å². The lowest BCUT2D eigenvalue weighted by atomic mass is 10.0.